The van der Waals surface area contributed by atoms with Crippen LogP contribution in [0.2, 0.25) is 0 Å². The molecule has 0 aromatic heterocycles. The van der Waals surface area contributed by atoms with Crippen LogP contribution in [0.5, 0.6) is 5.75 Å². The largest absolute Gasteiger partial charge is 0.506 e. The van der Waals surface area contributed by atoms with Gasteiger partial charge in [-0.25, -0.2) is 0 Å². The third kappa shape index (κ3) is 4.26. The zero-order valence-electron chi connectivity index (χ0n) is 8.02. The molecule has 0 saturated carbocycles. The van der Waals surface area contributed by atoms with Gasteiger partial charge in [-0.15, -0.1) is 0 Å². The monoisotopic (exact) mass is 290 g/mol. The molecule has 0 amide bonds. The van der Waals surface area contributed by atoms with Gasteiger partial charge < -0.3 is 16.1 Å². The number of phenols is 1. The van der Waals surface area contributed by atoms with Crippen LogP contribution < -0.4 is 0 Å². The molecule has 0 bridgehead atoms. The number of aromatic hydroxyl groups is 1. The van der Waals surface area contributed by atoms with Crippen molar-refractivity contribution < 1.29 is 42.0 Å². The van der Waals surface area contributed by atoms with Gasteiger partial charge in [0.15, 0.2) is 0 Å². The Labute approximate surface area is 96.4 Å². The van der Waals surface area contributed by atoms with Gasteiger partial charge in [0.05, 0.1) is 4.90 Å². The number of rotatable bonds is 2. The maximum Gasteiger partial charge on any atom is 0.298 e. The van der Waals surface area contributed by atoms with Crippen molar-refractivity contribution in [3.63, 3.8) is 0 Å². The summed E-state index contributed by atoms with van der Waals surface area (Å²) < 4.78 is 59.7. The normalized spacial score (nSPS) is 11.2. The second kappa shape index (κ2) is 5.39. The van der Waals surface area contributed by atoms with Crippen LogP contribution in [0.3, 0.4) is 0 Å². The molecular weight excluding hydrogens is 280 g/mol. The summed E-state index contributed by atoms with van der Waals surface area (Å²) in [6.07, 6.45) is 0. The Bertz CT molecular complexity index is 586. The quantitative estimate of drug-likeness (QED) is 0.536. The summed E-state index contributed by atoms with van der Waals surface area (Å²) in [6, 6.07) is 1.96. The van der Waals surface area contributed by atoms with Gasteiger partial charge in [-0.3, -0.25) is 9.11 Å². The Morgan fingerprint density at radius 2 is 1.35 bits per heavy atom. The molecule has 1 aromatic carbocycles. The van der Waals surface area contributed by atoms with E-state index in [0.29, 0.717) is 6.07 Å². The molecule has 9 nitrogen and oxygen atoms in total. The van der Waals surface area contributed by atoms with Gasteiger partial charge in [-0.2, -0.15) is 16.8 Å². The lowest BCUT2D eigenvalue weighted by Crippen LogP contribution is -2.03. The Balaban J connectivity index is 0. The zero-order chi connectivity index (χ0) is 11.9. The van der Waals surface area contributed by atoms with Crippen molar-refractivity contribution in [2.45, 2.75) is 9.79 Å². The van der Waals surface area contributed by atoms with Crippen LogP contribution in [-0.4, -0.2) is 42.0 Å². The SMILES string of the molecule is O.O.O=S(=O)(O)c1ccc(O)c(S(=O)(=O)O)c1. The van der Waals surface area contributed by atoms with E-state index >= 15 is 0 Å². The molecule has 100 valence electrons. The van der Waals surface area contributed by atoms with Crippen LogP contribution in [0, 0.1) is 0 Å². The highest BCUT2D eigenvalue weighted by molar-refractivity contribution is 7.86. The third-order valence-electron chi connectivity index (χ3n) is 1.51. The molecule has 7 N–H and O–H groups in total. The lowest BCUT2D eigenvalue weighted by atomic mass is 10.3. The van der Waals surface area contributed by atoms with Crippen molar-refractivity contribution in [2.24, 2.45) is 0 Å². The third-order valence-corrected chi connectivity index (χ3v) is 3.24. The topological polar surface area (TPSA) is 192 Å². The predicted molar refractivity (Wildman–Crippen MR) is 55.0 cm³/mol. The highest BCUT2D eigenvalue weighted by Gasteiger charge is 2.19. The fourth-order valence-electron chi connectivity index (χ4n) is 0.862. The molecule has 1 aromatic rings. The van der Waals surface area contributed by atoms with Crippen LogP contribution in [0.4, 0.5) is 0 Å². The van der Waals surface area contributed by atoms with E-state index in [1.54, 1.807) is 0 Å². The minimum absolute atomic E-state index is 0. The Kier molecular flexibility index (Phi) is 5.75. The molecule has 1 rings (SSSR count). The minimum atomic E-state index is -4.74. The molecule has 0 atom stereocenters. The van der Waals surface area contributed by atoms with Gasteiger partial charge in [-0.1, -0.05) is 0 Å². The summed E-state index contributed by atoms with van der Waals surface area (Å²) in [5.74, 6) is -0.815. The lowest BCUT2D eigenvalue weighted by Gasteiger charge is -2.02. The van der Waals surface area contributed by atoms with Crippen molar-refractivity contribution >= 4 is 20.2 Å². The molecule has 17 heavy (non-hydrogen) atoms. The summed E-state index contributed by atoms with van der Waals surface area (Å²) in [5.41, 5.74) is 0. The highest BCUT2D eigenvalue weighted by atomic mass is 32.2. The molecule has 0 aliphatic heterocycles. The number of benzene rings is 1. The van der Waals surface area contributed by atoms with Crippen molar-refractivity contribution in [3.8, 4) is 5.75 Å². The van der Waals surface area contributed by atoms with E-state index in [-0.39, 0.29) is 11.0 Å². The molecule has 0 aliphatic rings. The summed E-state index contributed by atoms with van der Waals surface area (Å²) in [4.78, 5) is -1.73. The van der Waals surface area contributed by atoms with Crippen molar-refractivity contribution in [2.75, 3.05) is 0 Å². The van der Waals surface area contributed by atoms with Crippen LogP contribution in [0.25, 0.3) is 0 Å². The van der Waals surface area contributed by atoms with E-state index in [1.807, 2.05) is 0 Å². The second-order valence-electron chi connectivity index (χ2n) is 2.58. The summed E-state index contributed by atoms with van der Waals surface area (Å²) in [6.45, 7) is 0. The van der Waals surface area contributed by atoms with E-state index in [9.17, 15) is 16.8 Å². The summed E-state index contributed by atoms with van der Waals surface area (Å²) in [7, 11) is -9.33. The zero-order valence-corrected chi connectivity index (χ0v) is 9.66. The van der Waals surface area contributed by atoms with Crippen LogP contribution in [0.15, 0.2) is 28.0 Å². The average Bonchev–Trinajstić information content (AvgIpc) is 2.00. The first-order valence-corrected chi connectivity index (χ1v) is 6.28. The molecule has 0 radical (unpaired) electrons. The molecular formula is C6H10O9S2. The van der Waals surface area contributed by atoms with Gasteiger partial charge in [-0.05, 0) is 18.2 Å². The smallest absolute Gasteiger partial charge is 0.298 e. The standard InChI is InChI=1S/C6H6O7S2.2H2O/c7-5-2-1-4(14(8,9)10)3-6(5)15(11,12)13;;/h1-3,7H,(H,8,9,10)(H,11,12,13);2*1H2. The molecule has 0 fully saturated rings. The van der Waals surface area contributed by atoms with E-state index in [1.165, 1.54) is 0 Å². The first-order chi connectivity index (χ1) is 6.62. The Morgan fingerprint density at radius 3 is 1.71 bits per heavy atom. The van der Waals surface area contributed by atoms with Gasteiger partial charge in [0.1, 0.15) is 10.6 Å². The van der Waals surface area contributed by atoms with Crippen molar-refractivity contribution in [1.29, 1.82) is 0 Å². The van der Waals surface area contributed by atoms with Crippen molar-refractivity contribution in [1.82, 2.24) is 0 Å². The number of hydrogen-bond acceptors (Lipinski definition) is 5. The first-order valence-electron chi connectivity index (χ1n) is 3.40. The first kappa shape index (κ1) is 18.1. The van der Waals surface area contributed by atoms with Gasteiger partial charge in [0, 0.05) is 0 Å². The van der Waals surface area contributed by atoms with Crippen molar-refractivity contribution in [3.05, 3.63) is 18.2 Å². The average molecular weight is 290 g/mol. The summed E-state index contributed by atoms with van der Waals surface area (Å²) in [5, 5.41) is 9.02. The molecule has 11 heteroatoms. The van der Waals surface area contributed by atoms with E-state index in [4.69, 9.17) is 14.2 Å². The van der Waals surface area contributed by atoms with Gasteiger partial charge >= 0.3 is 0 Å². The van der Waals surface area contributed by atoms with Gasteiger partial charge in [0.25, 0.3) is 20.2 Å². The van der Waals surface area contributed by atoms with E-state index in [2.05, 4.69) is 0 Å². The molecule has 0 saturated heterocycles. The Morgan fingerprint density at radius 1 is 0.882 bits per heavy atom. The van der Waals surface area contributed by atoms with E-state index in [0.717, 1.165) is 12.1 Å². The predicted octanol–water partition coefficient (Wildman–Crippen LogP) is -1.76. The van der Waals surface area contributed by atoms with Crippen LogP contribution in [-0.2, 0) is 20.2 Å². The molecule has 0 spiro atoms. The second-order valence-corrected chi connectivity index (χ2v) is 5.39. The maximum absolute atomic E-state index is 10.7. The van der Waals surface area contributed by atoms with Crippen LogP contribution >= 0.6 is 0 Å². The number of phenolic OH excluding ortho intramolecular Hbond substituents is 1. The lowest BCUT2D eigenvalue weighted by molar-refractivity contribution is 0.442. The number of hydrogen-bond donors (Lipinski definition) is 3. The molecule has 0 unspecified atom stereocenters. The Hall–Kier alpha value is -1.24. The van der Waals surface area contributed by atoms with E-state index < -0.39 is 35.8 Å². The molecule has 0 aliphatic carbocycles. The summed E-state index contributed by atoms with van der Waals surface area (Å²) >= 11 is 0. The maximum atomic E-state index is 10.7. The highest BCUT2D eigenvalue weighted by Crippen LogP contribution is 2.25. The fraction of sp³-hybridized carbons (Fsp3) is 0. The molecule has 0 heterocycles. The van der Waals surface area contributed by atoms with Gasteiger partial charge in [0.2, 0.25) is 0 Å². The minimum Gasteiger partial charge on any atom is -0.506 e. The fourth-order valence-corrected chi connectivity index (χ4v) is 2.05. The van der Waals surface area contributed by atoms with Crippen LogP contribution in [0.1, 0.15) is 0 Å².